The van der Waals surface area contributed by atoms with Crippen molar-refractivity contribution in [3.8, 4) is 0 Å². The van der Waals surface area contributed by atoms with Gasteiger partial charge in [0, 0.05) is 58.4 Å². The lowest BCUT2D eigenvalue weighted by Gasteiger charge is -2.37. The number of morpholine rings is 1. The van der Waals surface area contributed by atoms with Crippen molar-refractivity contribution in [2.75, 3.05) is 58.9 Å². The molecule has 6 heteroatoms. The molecule has 1 amide bonds. The molecule has 4 fully saturated rings. The lowest BCUT2D eigenvalue weighted by atomic mass is 10.2. The highest BCUT2D eigenvalue weighted by molar-refractivity contribution is 5.78. The summed E-state index contributed by atoms with van der Waals surface area (Å²) in [5.74, 6) is 0.213. The maximum atomic E-state index is 11.9. The summed E-state index contributed by atoms with van der Waals surface area (Å²) in [7, 11) is 0. The van der Waals surface area contributed by atoms with Gasteiger partial charge in [-0.2, -0.15) is 0 Å². The van der Waals surface area contributed by atoms with E-state index in [0.29, 0.717) is 24.8 Å². The molecule has 0 aromatic carbocycles. The van der Waals surface area contributed by atoms with Crippen LogP contribution in [0.25, 0.3) is 0 Å². The van der Waals surface area contributed by atoms with Crippen LogP contribution in [0.15, 0.2) is 0 Å². The van der Waals surface area contributed by atoms with Crippen molar-refractivity contribution in [1.82, 2.24) is 20.0 Å². The van der Waals surface area contributed by atoms with Gasteiger partial charge in [-0.25, -0.2) is 0 Å². The molecule has 0 radical (unpaired) electrons. The van der Waals surface area contributed by atoms with Crippen LogP contribution in [0.4, 0.5) is 0 Å². The van der Waals surface area contributed by atoms with Crippen LogP contribution in [0, 0.1) is 0 Å². The fraction of sp³-hybridized carbons (Fsp3) is 0.941. The van der Waals surface area contributed by atoms with Gasteiger partial charge in [-0.1, -0.05) is 0 Å². The van der Waals surface area contributed by atoms with Gasteiger partial charge < -0.3 is 10.1 Å². The van der Waals surface area contributed by atoms with E-state index in [2.05, 4.69) is 20.0 Å². The summed E-state index contributed by atoms with van der Waals surface area (Å²) in [6, 6.07) is 0.479. The van der Waals surface area contributed by atoms with Gasteiger partial charge in [0.25, 0.3) is 0 Å². The molecule has 23 heavy (non-hydrogen) atoms. The quantitative estimate of drug-likeness (QED) is 0.730. The van der Waals surface area contributed by atoms with Crippen molar-refractivity contribution >= 4 is 5.91 Å². The van der Waals surface area contributed by atoms with Gasteiger partial charge >= 0.3 is 0 Å². The number of nitrogens with one attached hydrogen (secondary N) is 1. The Labute approximate surface area is 139 Å². The first kappa shape index (κ1) is 15.8. The van der Waals surface area contributed by atoms with E-state index < -0.39 is 0 Å². The number of rotatable bonds is 6. The summed E-state index contributed by atoms with van der Waals surface area (Å²) < 4.78 is 5.90. The molecule has 3 aliphatic heterocycles. The summed E-state index contributed by atoms with van der Waals surface area (Å²) in [6.45, 7) is 9.37. The number of carbonyl (C=O) groups is 1. The molecule has 1 saturated carbocycles. The average molecular weight is 322 g/mol. The van der Waals surface area contributed by atoms with Gasteiger partial charge in [-0.15, -0.1) is 0 Å². The van der Waals surface area contributed by atoms with Crippen LogP contribution in [0.1, 0.15) is 25.7 Å². The van der Waals surface area contributed by atoms with E-state index >= 15 is 0 Å². The molecular weight excluding hydrogens is 292 g/mol. The Balaban J connectivity index is 1.12. The Morgan fingerprint density at radius 3 is 2.13 bits per heavy atom. The summed E-state index contributed by atoms with van der Waals surface area (Å²) in [5, 5.41) is 3.08. The molecule has 2 atom stereocenters. The van der Waals surface area contributed by atoms with E-state index in [4.69, 9.17) is 4.74 Å². The molecule has 1 N–H and O–H groups in total. The zero-order valence-electron chi connectivity index (χ0n) is 14.1. The Morgan fingerprint density at radius 2 is 1.48 bits per heavy atom. The van der Waals surface area contributed by atoms with E-state index in [9.17, 15) is 4.79 Å². The topological polar surface area (TPSA) is 48.1 Å². The number of amides is 1. The average Bonchev–Trinajstić information content (AvgIpc) is 3.29. The highest BCUT2D eigenvalue weighted by Crippen LogP contribution is 2.26. The summed E-state index contributed by atoms with van der Waals surface area (Å²) >= 11 is 0. The SMILES string of the molecule is O=C(CN1CCN(CCN2C[C@H]3CC[C@@H](C2)O3)CC1)NC1CC1. The van der Waals surface area contributed by atoms with Crippen LogP contribution in [-0.4, -0.2) is 97.8 Å². The monoisotopic (exact) mass is 322 g/mol. The van der Waals surface area contributed by atoms with Crippen LogP contribution in [-0.2, 0) is 9.53 Å². The maximum absolute atomic E-state index is 11.9. The summed E-state index contributed by atoms with van der Waals surface area (Å²) in [4.78, 5) is 19.3. The number of ether oxygens (including phenoxy) is 1. The third-order valence-electron chi connectivity index (χ3n) is 5.63. The van der Waals surface area contributed by atoms with Crippen LogP contribution >= 0.6 is 0 Å². The van der Waals surface area contributed by atoms with Gasteiger partial charge in [-0.3, -0.25) is 19.5 Å². The summed E-state index contributed by atoms with van der Waals surface area (Å²) in [5.41, 5.74) is 0. The van der Waals surface area contributed by atoms with Crippen molar-refractivity contribution in [3.05, 3.63) is 0 Å². The van der Waals surface area contributed by atoms with E-state index in [0.717, 1.165) is 45.8 Å². The number of likely N-dealkylation sites (tertiary alicyclic amines) is 1. The van der Waals surface area contributed by atoms with Crippen LogP contribution < -0.4 is 5.32 Å². The Morgan fingerprint density at radius 1 is 0.870 bits per heavy atom. The van der Waals surface area contributed by atoms with E-state index in [1.807, 2.05) is 0 Å². The lowest BCUT2D eigenvalue weighted by Crippen LogP contribution is -2.52. The van der Waals surface area contributed by atoms with Crippen molar-refractivity contribution in [2.24, 2.45) is 0 Å². The standard InChI is InChI=1S/C17H30N4O2/c22-17(18-14-1-2-14)13-20-8-5-19(6-9-20)7-10-21-11-15-3-4-16(12-21)23-15/h14-16H,1-13H2,(H,18,22)/t15-,16+. The van der Waals surface area contributed by atoms with Gasteiger partial charge in [0.2, 0.25) is 5.91 Å². The number of hydrogen-bond donors (Lipinski definition) is 1. The molecule has 1 aliphatic carbocycles. The first-order valence-corrected chi connectivity index (χ1v) is 9.36. The van der Waals surface area contributed by atoms with E-state index in [1.54, 1.807) is 0 Å². The molecule has 2 bridgehead atoms. The van der Waals surface area contributed by atoms with Crippen molar-refractivity contribution in [1.29, 1.82) is 0 Å². The Hall–Kier alpha value is -0.690. The Kier molecular flexibility index (Phi) is 4.85. The molecule has 4 rings (SSSR count). The molecule has 4 aliphatic rings. The van der Waals surface area contributed by atoms with Crippen LogP contribution in [0.2, 0.25) is 0 Å². The molecule has 0 unspecified atom stereocenters. The number of fused-ring (bicyclic) bond motifs is 2. The zero-order valence-corrected chi connectivity index (χ0v) is 14.1. The van der Waals surface area contributed by atoms with Crippen molar-refractivity contribution < 1.29 is 9.53 Å². The molecule has 0 aromatic heterocycles. The third kappa shape index (κ3) is 4.44. The number of carbonyl (C=O) groups excluding carboxylic acids is 1. The molecule has 130 valence electrons. The minimum absolute atomic E-state index is 0.213. The zero-order chi connectivity index (χ0) is 15.6. The number of hydrogen-bond acceptors (Lipinski definition) is 5. The van der Waals surface area contributed by atoms with Gasteiger partial charge in [0.15, 0.2) is 0 Å². The molecule has 6 nitrogen and oxygen atoms in total. The number of piperazine rings is 1. The van der Waals surface area contributed by atoms with Crippen molar-refractivity contribution in [3.63, 3.8) is 0 Å². The largest absolute Gasteiger partial charge is 0.372 e. The van der Waals surface area contributed by atoms with E-state index in [-0.39, 0.29) is 5.91 Å². The van der Waals surface area contributed by atoms with Crippen LogP contribution in [0.5, 0.6) is 0 Å². The number of nitrogens with zero attached hydrogens (tertiary/aromatic N) is 3. The second-order valence-electron chi connectivity index (χ2n) is 7.68. The fourth-order valence-corrected chi connectivity index (χ4v) is 4.04. The third-order valence-corrected chi connectivity index (χ3v) is 5.63. The molecule has 0 spiro atoms. The smallest absolute Gasteiger partial charge is 0.234 e. The minimum Gasteiger partial charge on any atom is -0.372 e. The molecule has 0 aromatic rings. The van der Waals surface area contributed by atoms with E-state index in [1.165, 1.54) is 32.2 Å². The predicted molar refractivity (Wildman–Crippen MR) is 88.4 cm³/mol. The van der Waals surface area contributed by atoms with Crippen LogP contribution in [0.3, 0.4) is 0 Å². The second-order valence-corrected chi connectivity index (χ2v) is 7.68. The molecule has 3 heterocycles. The highest BCUT2D eigenvalue weighted by atomic mass is 16.5. The van der Waals surface area contributed by atoms with Gasteiger partial charge in [0.1, 0.15) is 0 Å². The molecular formula is C17H30N4O2. The fourth-order valence-electron chi connectivity index (χ4n) is 4.04. The lowest BCUT2D eigenvalue weighted by molar-refractivity contribution is -0.122. The molecule has 3 saturated heterocycles. The normalized spacial score (nSPS) is 33.0. The highest BCUT2D eigenvalue weighted by Gasteiger charge is 2.33. The van der Waals surface area contributed by atoms with Gasteiger partial charge in [-0.05, 0) is 25.7 Å². The Bertz CT molecular complexity index is 409. The summed E-state index contributed by atoms with van der Waals surface area (Å²) in [6.07, 6.45) is 5.84. The maximum Gasteiger partial charge on any atom is 0.234 e. The second kappa shape index (κ2) is 7.05. The first-order chi connectivity index (χ1) is 11.2. The van der Waals surface area contributed by atoms with Gasteiger partial charge in [0.05, 0.1) is 18.8 Å². The first-order valence-electron chi connectivity index (χ1n) is 9.36. The minimum atomic E-state index is 0.213. The van der Waals surface area contributed by atoms with Crippen molar-refractivity contribution in [2.45, 2.75) is 43.9 Å². The predicted octanol–water partition coefficient (Wildman–Crippen LogP) is -0.254.